The number of carbonyl (C=O) groups is 2. The molecule has 0 saturated heterocycles. The van der Waals surface area contributed by atoms with E-state index in [9.17, 15) is 19.8 Å². The lowest BCUT2D eigenvalue weighted by atomic mass is 9.46. The van der Waals surface area contributed by atoms with Gasteiger partial charge in [0.2, 0.25) is 0 Å². The number of carbonyl (C=O) groups excluding carboxylic acids is 2. The average Bonchev–Trinajstić information content (AvgIpc) is 3.01. The van der Waals surface area contributed by atoms with E-state index in [-0.39, 0.29) is 41.0 Å². The maximum atomic E-state index is 13.0. The van der Waals surface area contributed by atoms with Crippen LogP contribution >= 0.6 is 0 Å². The third kappa shape index (κ3) is 3.76. The Labute approximate surface area is 187 Å². The third-order valence-electron chi connectivity index (χ3n) is 10.3. The van der Waals surface area contributed by atoms with Gasteiger partial charge in [-0.1, -0.05) is 33.3 Å². The minimum Gasteiger partial charge on any atom is -0.396 e. The lowest BCUT2D eigenvalue weighted by Gasteiger charge is -2.58. The molecule has 4 rings (SSSR count). The molecule has 4 aliphatic rings. The molecule has 2 unspecified atom stereocenters. The fraction of sp³-hybridized carbons (Fsp3) is 0.852. The van der Waals surface area contributed by atoms with Crippen molar-refractivity contribution in [3.8, 4) is 0 Å². The van der Waals surface area contributed by atoms with Crippen LogP contribution in [0.25, 0.3) is 0 Å². The zero-order valence-corrected chi connectivity index (χ0v) is 19.9. The quantitative estimate of drug-likeness (QED) is 0.639. The normalized spacial score (nSPS) is 44.0. The van der Waals surface area contributed by atoms with E-state index in [1.54, 1.807) is 0 Å². The second-order valence-electron chi connectivity index (χ2n) is 11.9. The van der Waals surface area contributed by atoms with Crippen LogP contribution < -0.4 is 0 Å². The Morgan fingerprint density at radius 2 is 1.90 bits per heavy atom. The summed E-state index contributed by atoms with van der Waals surface area (Å²) in [5.41, 5.74) is 1.54. The molecule has 0 bridgehead atoms. The van der Waals surface area contributed by atoms with Crippen molar-refractivity contribution in [1.82, 2.24) is 0 Å². The number of hydrogen-bond donors (Lipinski definition) is 2. The first-order chi connectivity index (χ1) is 14.6. The molecule has 2 N–H and O–H groups in total. The van der Waals surface area contributed by atoms with Crippen LogP contribution in [0.1, 0.15) is 85.5 Å². The van der Waals surface area contributed by atoms with E-state index in [2.05, 4.69) is 13.8 Å². The first kappa shape index (κ1) is 23.2. The van der Waals surface area contributed by atoms with Gasteiger partial charge in [0.25, 0.3) is 0 Å². The van der Waals surface area contributed by atoms with Crippen molar-refractivity contribution < 1.29 is 19.8 Å². The summed E-state index contributed by atoms with van der Waals surface area (Å²) < 4.78 is 0. The van der Waals surface area contributed by atoms with Gasteiger partial charge in [-0.3, -0.25) is 9.59 Å². The standard InChI is InChI=1S/C27H42O4/c1-16(15-28)5-8-23(30)17(2)25-24(31)14-22-20-7-6-18-13-19(29)9-11-26(18,3)21(20)10-12-27(22,25)4/h13,16-17,20-22,24-25,28,31H,5-12,14-15H2,1-4H3/t16?,17-,20-,21+,22+,24?,25+,26+,27+/m1/s1. The van der Waals surface area contributed by atoms with Gasteiger partial charge in [-0.15, -0.1) is 0 Å². The number of aliphatic hydroxyl groups is 2. The molecule has 0 aromatic heterocycles. The van der Waals surface area contributed by atoms with Crippen molar-refractivity contribution >= 4 is 11.6 Å². The van der Waals surface area contributed by atoms with Crippen molar-refractivity contribution in [1.29, 1.82) is 0 Å². The van der Waals surface area contributed by atoms with Gasteiger partial charge in [-0.25, -0.2) is 0 Å². The summed E-state index contributed by atoms with van der Waals surface area (Å²) in [6, 6.07) is 0. The Morgan fingerprint density at radius 1 is 1.16 bits per heavy atom. The monoisotopic (exact) mass is 430 g/mol. The second-order valence-corrected chi connectivity index (χ2v) is 11.9. The second kappa shape index (κ2) is 8.41. The minimum absolute atomic E-state index is 0.0142. The van der Waals surface area contributed by atoms with Crippen LogP contribution in [0.15, 0.2) is 11.6 Å². The molecule has 4 aliphatic carbocycles. The summed E-state index contributed by atoms with van der Waals surface area (Å²) in [6.07, 6.45) is 9.60. The van der Waals surface area contributed by atoms with E-state index in [4.69, 9.17) is 0 Å². The molecular formula is C27H42O4. The molecule has 31 heavy (non-hydrogen) atoms. The molecule has 0 aromatic rings. The zero-order chi connectivity index (χ0) is 22.6. The number of Topliss-reactive ketones (excluding diaryl/α,β-unsaturated/α-hetero) is 1. The van der Waals surface area contributed by atoms with E-state index >= 15 is 0 Å². The number of rotatable bonds is 6. The van der Waals surface area contributed by atoms with E-state index < -0.39 is 6.10 Å². The first-order valence-corrected chi connectivity index (χ1v) is 12.7. The molecule has 3 saturated carbocycles. The van der Waals surface area contributed by atoms with Crippen LogP contribution in [-0.4, -0.2) is 34.5 Å². The summed E-state index contributed by atoms with van der Waals surface area (Å²) in [6.45, 7) is 8.88. The molecule has 9 atom stereocenters. The molecular weight excluding hydrogens is 388 g/mol. The van der Waals surface area contributed by atoms with Crippen molar-refractivity contribution in [2.45, 2.75) is 91.6 Å². The summed E-state index contributed by atoms with van der Waals surface area (Å²) in [4.78, 5) is 25.1. The third-order valence-corrected chi connectivity index (χ3v) is 10.3. The number of ketones is 2. The number of allylic oxidation sites excluding steroid dienone is 1. The average molecular weight is 431 g/mol. The van der Waals surface area contributed by atoms with Crippen molar-refractivity contribution in [3.63, 3.8) is 0 Å². The van der Waals surface area contributed by atoms with E-state index in [0.717, 1.165) is 44.9 Å². The molecule has 0 amide bonds. The Kier molecular flexibility index (Phi) is 6.28. The molecule has 174 valence electrons. The van der Waals surface area contributed by atoms with Gasteiger partial charge in [0.15, 0.2) is 5.78 Å². The van der Waals surface area contributed by atoms with Crippen LogP contribution in [0.2, 0.25) is 0 Å². The van der Waals surface area contributed by atoms with Gasteiger partial charge in [-0.05, 0) is 91.4 Å². The summed E-state index contributed by atoms with van der Waals surface area (Å²) >= 11 is 0. The van der Waals surface area contributed by atoms with Gasteiger partial charge >= 0.3 is 0 Å². The summed E-state index contributed by atoms with van der Waals surface area (Å²) in [5.74, 6) is 2.25. The topological polar surface area (TPSA) is 74.6 Å². The molecule has 0 spiro atoms. The van der Waals surface area contributed by atoms with E-state index in [1.807, 2.05) is 19.9 Å². The van der Waals surface area contributed by atoms with Gasteiger partial charge < -0.3 is 10.2 Å². The minimum atomic E-state index is -0.402. The van der Waals surface area contributed by atoms with Gasteiger partial charge in [0.05, 0.1) is 6.10 Å². The highest BCUT2D eigenvalue weighted by molar-refractivity contribution is 5.91. The van der Waals surface area contributed by atoms with Crippen LogP contribution in [-0.2, 0) is 9.59 Å². The largest absolute Gasteiger partial charge is 0.396 e. The predicted molar refractivity (Wildman–Crippen MR) is 121 cm³/mol. The molecule has 0 radical (unpaired) electrons. The van der Waals surface area contributed by atoms with Gasteiger partial charge in [0, 0.05) is 25.4 Å². The number of aliphatic hydroxyl groups excluding tert-OH is 2. The Morgan fingerprint density at radius 3 is 2.61 bits per heavy atom. The van der Waals surface area contributed by atoms with Crippen LogP contribution in [0.4, 0.5) is 0 Å². The summed E-state index contributed by atoms with van der Waals surface area (Å²) in [5, 5.41) is 20.5. The highest BCUT2D eigenvalue weighted by Crippen LogP contribution is 2.67. The fourth-order valence-corrected chi connectivity index (χ4v) is 8.42. The predicted octanol–water partition coefficient (Wildman–Crippen LogP) is 4.72. The van der Waals surface area contributed by atoms with E-state index in [1.165, 1.54) is 5.57 Å². The SMILES string of the molecule is CC(CO)CCC(=O)[C@@H](C)[C@H]1C(O)C[C@H]2[C@@H]3CCC4=CC(=O)CC[C@]4(C)[C@H]3CC[C@]12C. The Bertz CT molecular complexity index is 756. The van der Waals surface area contributed by atoms with Gasteiger partial charge in [0.1, 0.15) is 5.78 Å². The smallest absolute Gasteiger partial charge is 0.155 e. The molecule has 0 aromatic carbocycles. The zero-order valence-electron chi connectivity index (χ0n) is 19.9. The van der Waals surface area contributed by atoms with Gasteiger partial charge in [-0.2, -0.15) is 0 Å². The van der Waals surface area contributed by atoms with Crippen LogP contribution in [0.5, 0.6) is 0 Å². The number of fused-ring (bicyclic) bond motifs is 5. The van der Waals surface area contributed by atoms with Crippen LogP contribution in [0, 0.1) is 46.3 Å². The molecule has 3 fully saturated rings. The lowest BCUT2D eigenvalue weighted by molar-refractivity contribution is -0.130. The Balaban J connectivity index is 1.54. The van der Waals surface area contributed by atoms with E-state index in [0.29, 0.717) is 36.4 Å². The highest BCUT2D eigenvalue weighted by atomic mass is 16.3. The van der Waals surface area contributed by atoms with Crippen molar-refractivity contribution in [2.24, 2.45) is 46.3 Å². The van der Waals surface area contributed by atoms with Crippen molar-refractivity contribution in [2.75, 3.05) is 6.61 Å². The molecule has 0 heterocycles. The maximum Gasteiger partial charge on any atom is 0.155 e. The molecule has 0 aliphatic heterocycles. The lowest BCUT2D eigenvalue weighted by Crippen LogP contribution is -2.51. The molecule has 4 nitrogen and oxygen atoms in total. The number of hydrogen-bond acceptors (Lipinski definition) is 4. The fourth-order valence-electron chi connectivity index (χ4n) is 8.42. The molecule has 4 heteroatoms. The maximum absolute atomic E-state index is 13.0. The Hall–Kier alpha value is -1.00. The van der Waals surface area contributed by atoms with Crippen molar-refractivity contribution in [3.05, 3.63) is 11.6 Å². The highest BCUT2D eigenvalue weighted by Gasteiger charge is 2.62. The first-order valence-electron chi connectivity index (χ1n) is 12.7. The van der Waals surface area contributed by atoms with Crippen LogP contribution in [0.3, 0.4) is 0 Å². The summed E-state index contributed by atoms with van der Waals surface area (Å²) in [7, 11) is 0.